The van der Waals surface area contributed by atoms with Crippen molar-refractivity contribution < 1.29 is 78.9 Å². The second kappa shape index (κ2) is 9.30. The maximum Gasteiger partial charge on any atom is 1.00 e. The van der Waals surface area contributed by atoms with Gasteiger partial charge in [0, 0.05) is 19.1 Å². The van der Waals surface area contributed by atoms with Gasteiger partial charge in [0.1, 0.15) is 0 Å². The molecule has 1 rings (SSSR count). The van der Waals surface area contributed by atoms with Crippen molar-refractivity contribution in [2.75, 3.05) is 13.2 Å². The third kappa shape index (κ3) is 5.33. The van der Waals surface area contributed by atoms with Gasteiger partial charge < -0.3 is 20.3 Å². The SMILES string of the molecule is CC(=O)NC1COC(C[O-])[C@@H](C)[C@H]1[O-].[Na+].[Na+]. The maximum atomic E-state index is 11.7. The monoisotopic (exact) mass is 247 g/mol. The molecule has 1 fully saturated rings. The Morgan fingerprint density at radius 3 is 2.50 bits per heavy atom. The Hall–Kier alpha value is 1.35. The number of nitrogens with one attached hydrogen (secondary N) is 1. The molecule has 4 atom stereocenters. The van der Waals surface area contributed by atoms with Crippen LogP contribution in [0.1, 0.15) is 13.8 Å². The Labute approximate surface area is 140 Å². The van der Waals surface area contributed by atoms with E-state index in [1.165, 1.54) is 6.92 Å². The molecule has 1 saturated heterocycles. The van der Waals surface area contributed by atoms with Gasteiger partial charge in [-0.3, -0.25) is 4.79 Å². The standard InChI is InChI=1S/C9H15NO4.2Na/c1-5-8(3-11)14-4-7(9(5)13)10-6(2)12;;/h5,7-9H,3-4H2,1-2H3,(H,10,12);;/q-2;2*+1/t5-,7?,8?,9-;;/m1../s1. The molecule has 5 nitrogen and oxygen atoms in total. The number of carbonyl (C=O) groups excluding carboxylic acids is 1. The van der Waals surface area contributed by atoms with Gasteiger partial charge >= 0.3 is 59.1 Å². The molecule has 0 bridgehead atoms. The van der Waals surface area contributed by atoms with Crippen LogP contribution in [-0.4, -0.2) is 37.4 Å². The van der Waals surface area contributed by atoms with Gasteiger partial charge in [-0.1, -0.05) is 13.0 Å². The van der Waals surface area contributed by atoms with Crippen LogP contribution in [0.15, 0.2) is 0 Å². The molecule has 0 saturated carbocycles. The normalized spacial score (nSPS) is 33.2. The average molecular weight is 247 g/mol. The molecule has 0 aromatic rings. The first-order valence-corrected chi connectivity index (χ1v) is 4.69. The maximum absolute atomic E-state index is 11.7. The Kier molecular flexibility index (Phi) is 11.4. The zero-order valence-corrected chi connectivity index (χ0v) is 14.4. The van der Waals surface area contributed by atoms with Crippen molar-refractivity contribution in [3.63, 3.8) is 0 Å². The van der Waals surface area contributed by atoms with Crippen molar-refractivity contribution in [2.45, 2.75) is 32.1 Å². The number of hydrogen-bond donors (Lipinski definition) is 1. The summed E-state index contributed by atoms with van der Waals surface area (Å²) in [6, 6.07) is -0.509. The molecular formula is C9H15NNa2O4. The van der Waals surface area contributed by atoms with Gasteiger partial charge in [0.15, 0.2) is 0 Å². The Balaban J connectivity index is 0. The van der Waals surface area contributed by atoms with E-state index in [0.29, 0.717) is 0 Å². The Morgan fingerprint density at radius 2 is 2.06 bits per heavy atom. The summed E-state index contributed by atoms with van der Waals surface area (Å²) in [6.07, 6.45) is -1.46. The quantitative estimate of drug-likeness (QED) is 0.491. The van der Waals surface area contributed by atoms with Crippen LogP contribution in [0.25, 0.3) is 0 Å². The topological polar surface area (TPSA) is 84.5 Å². The van der Waals surface area contributed by atoms with E-state index in [0.717, 1.165) is 0 Å². The summed E-state index contributed by atoms with van der Waals surface area (Å²) in [7, 11) is 0. The Bertz CT molecular complexity index is 218. The minimum Gasteiger partial charge on any atom is -0.853 e. The minimum absolute atomic E-state index is 0. The number of ether oxygens (including phenoxy) is 1. The fourth-order valence-corrected chi connectivity index (χ4v) is 1.64. The van der Waals surface area contributed by atoms with E-state index in [1.807, 2.05) is 0 Å². The predicted molar refractivity (Wildman–Crippen MR) is 45.2 cm³/mol. The second-order valence-electron chi connectivity index (χ2n) is 3.67. The number of carbonyl (C=O) groups is 1. The largest absolute Gasteiger partial charge is 1.00 e. The smallest absolute Gasteiger partial charge is 0.853 e. The molecule has 0 aliphatic carbocycles. The van der Waals surface area contributed by atoms with Crippen molar-refractivity contribution in [1.29, 1.82) is 0 Å². The molecule has 0 aromatic heterocycles. The molecular weight excluding hydrogens is 232 g/mol. The molecule has 1 N–H and O–H groups in total. The summed E-state index contributed by atoms with van der Waals surface area (Å²) in [5.74, 6) is -0.592. The van der Waals surface area contributed by atoms with Gasteiger partial charge in [-0.05, 0) is 5.92 Å². The Morgan fingerprint density at radius 1 is 1.50 bits per heavy atom. The van der Waals surface area contributed by atoms with Gasteiger partial charge in [0.2, 0.25) is 5.91 Å². The van der Waals surface area contributed by atoms with Gasteiger partial charge in [-0.15, -0.1) is 6.61 Å². The summed E-state index contributed by atoms with van der Waals surface area (Å²) >= 11 is 0. The van der Waals surface area contributed by atoms with Crippen LogP contribution in [0.5, 0.6) is 0 Å². The van der Waals surface area contributed by atoms with Crippen LogP contribution in [0.2, 0.25) is 0 Å². The summed E-state index contributed by atoms with van der Waals surface area (Å²) in [4.78, 5) is 10.7. The van der Waals surface area contributed by atoms with Crippen LogP contribution in [0.3, 0.4) is 0 Å². The molecule has 82 valence electrons. The molecule has 0 aromatic carbocycles. The predicted octanol–water partition coefficient (Wildman–Crippen LogP) is -8.38. The van der Waals surface area contributed by atoms with Crippen LogP contribution in [0.4, 0.5) is 0 Å². The van der Waals surface area contributed by atoms with E-state index < -0.39 is 24.9 Å². The van der Waals surface area contributed by atoms with Crippen LogP contribution in [0, 0.1) is 5.92 Å². The number of rotatable bonds is 2. The fourth-order valence-electron chi connectivity index (χ4n) is 1.64. The number of amides is 1. The van der Waals surface area contributed by atoms with E-state index in [4.69, 9.17) is 4.74 Å². The van der Waals surface area contributed by atoms with Crippen molar-refractivity contribution in [3.05, 3.63) is 0 Å². The number of hydrogen-bond acceptors (Lipinski definition) is 4. The minimum atomic E-state index is -0.952. The summed E-state index contributed by atoms with van der Waals surface area (Å²) in [6.45, 7) is 2.79. The summed E-state index contributed by atoms with van der Waals surface area (Å²) in [5.41, 5.74) is 0. The molecule has 2 unspecified atom stereocenters. The molecule has 7 heteroatoms. The zero-order valence-electron chi connectivity index (χ0n) is 10.4. The van der Waals surface area contributed by atoms with Crippen LogP contribution in [-0.2, 0) is 9.53 Å². The first-order chi connectivity index (χ1) is 6.56. The fraction of sp³-hybridized carbons (Fsp3) is 0.889. The van der Waals surface area contributed by atoms with E-state index in [1.54, 1.807) is 6.92 Å². The van der Waals surface area contributed by atoms with Crippen molar-refractivity contribution in [3.8, 4) is 0 Å². The van der Waals surface area contributed by atoms with Gasteiger partial charge in [0.25, 0.3) is 0 Å². The van der Waals surface area contributed by atoms with Crippen molar-refractivity contribution in [2.24, 2.45) is 5.92 Å². The zero-order chi connectivity index (χ0) is 10.7. The van der Waals surface area contributed by atoms with Gasteiger partial charge in [-0.2, -0.15) is 0 Å². The first kappa shape index (κ1) is 19.7. The van der Waals surface area contributed by atoms with E-state index >= 15 is 0 Å². The molecule has 1 aliphatic heterocycles. The molecule has 1 amide bonds. The van der Waals surface area contributed by atoms with Gasteiger partial charge in [0.05, 0.1) is 6.61 Å². The third-order valence-electron chi connectivity index (χ3n) is 2.54. The summed E-state index contributed by atoms with van der Waals surface area (Å²) < 4.78 is 5.20. The van der Waals surface area contributed by atoms with Gasteiger partial charge in [-0.25, -0.2) is 0 Å². The van der Waals surface area contributed by atoms with E-state index in [2.05, 4.69) is 5.32 Å². The van der Waals surface area contributed by atoms with E-state index in [9.17, 15) is 15.0 Å². The second-order valence-corrected chi connectivity index (χ2v) is 3.67. The van der Waals surface area contributed by atoms with Crippen LogP contribution >= 0.6 is 0 Å². The van der Waals surface area contributed by atoms with Crippen molar-refractivity contribution in [1.82, 2.24) is 5.32 Å². The van der Waals surface area contributed by atoms with Crippen molar-refractivity contribution >= 4 is 5.91 Å². The average Bonchev–Trinajstić information content (AvgIpc) is 2.13. The molecule has 16 heavy (non-hydrogen) atoms. The molecule has 1 aliphatic rings. The molecule has 0 radical (unpaired) electrons. The van der Waals surface area contributed by atoms with E-state index in [-0.39, 0.29) is 77.5 Å². The van der Waals surface area contributed by atoms with Crippen LogP contribution < -0.4 is 74.6 Å². The molecule has 0 spiro atoms. The summed E-state index contributed by atoms with van der Waals surface area (Å²) in [5, 5.41) is 24.8. The first-order valence-electron chi connectivity index (χ1n) is 4.69. The third-order valence-corrected chi connectivity index (χ3v) is 2.54. The molecule has 1 heterocycles.